The predicted octanol–water partition coefficient (Wildman–Crippen LogP) is 7.32. The fraction of sp³-hybridized carbons (Fsp3) is 0. The quantitative estimate of drug-likeness (QED) is 0.282. The summed E-state index contributed by atoms with van der Waals surface area (Å²) in [6, 6.07) is 34.3. The Morgan fingerprint density at radius 1 is 0.514 bits per heavy atom. The maximum Gasteiger partial charge on any atom is 0.183 e. The van der Waals surface area contributed by atoms with Crippen LogP contribution in [-0.4, -0.2) is 19.9 Å². The summed E-state index contributed by atoms with van der Waals surface area (Å²) in [5.74, 6) is 1.72. The molecule has 7 aromatic rings. The fourth-order valence-corrected chi connectivity index (χ4v) is 4.49. The first kappa shape index (κ1) is 19.6. The largest absolute Gasteiger partial charge is 0.456 e. The van der Waals surface area contributed by atoms with Crippen molar-refractivity contribution in [3.63, 3.8) is 0 Å². The highest BCUT2D eigenvalue weighted by atomic mass is 16.3. The Labute approximate surface area is 200 Å². The summed E-state index contributed by atoms with van der Waals surface area (Å²) in [7, 11) is 0. The molecule has 0 spiro atoms. The maximum atomic E-state index is 6.24. The van der Waals surface area contributed by atoms with Crippen LogP contribution >= 0.6 is 0 Å². The molecule has 7 rings (SSSR count). The summed E-state index contributed by atoms with van der Waals surface area (Å²) in [6.45, 7) is 0. The summed E-state index contributed by atoms with van der Waals surface area (Å²) in [4.78, 5) is 19.3. The number of hydrogen-bond acceptors (Lipinski definition) is 5. The van der Waals surface area contributed by atoms with E-state index in [1.165, 1.54) is 0 Å². The lowest BCUT2D eigenvalue weighted by molar-refractivity contribution is 0.669. The van der Waals surface area contributed by atoms with Gasteiger partial charge in [-0.1, -0.05) is 84.9 Å². The van der Waals surface area contributed by atoms with E-state index in [0.717, 1.165) is 43.8 Å². The molecule has 35 heavy (non-hydrogen) atoms. The molecule has 0 bridgehead atoms. The molecule has 4 aromatic carbocycles. The van der Waals surface area contributed by atoms with Gasteiger partial charge in [0.15, 0.2) is 17.5 Å². The number of rotatable bonds is 3. The first-order chi connectivity index (χ1) is 17.3. The van der Waals surface area contributed by atoms with Crippen molar-refractivity contribution in [2.24, 2.45) is 0 Å². The second kappa shape index (κ2) is 7.85. The normalized spacial score (nSPS) is 11.4. The Balaban J connectivity index is 1.53. The Bertz CT molecular complexity index is 1790. The second-order valence-corrected chi connectivity index (χ2v) is 8.37. The van der Waals surface area contributed by atoms with Gasteiger partial charge in [0, 0.05) is 22.7 Å². The molecule has 0 saturated carbocycles. The van der Waals surface area contributed by atoms with Crippen LogP contribution in [0.2, 0.25) is 0 Å². The number of hydrogen-bond donors (Lipinski definition) is 0. The minimum absolute atomic E-state index is 0.513. The van der Waals surface area contributed by atoms with E-state index in [-0.39, 0.29) is 0 Å². The van der Waals surface area contributed by atoms with E-state index in [1.54, 1.807) is 6.20 Å². The van der Waals surface area contributed by atoms with Crippen molar-refractivity contribution >= 4 is 32.7 Å². The van der Waals surface area contributed by atoms with Gasteiger partial charge in [-0.25, -0.2) is 15.0 Å². The van der Waals surface area contributed by atoms with Gasteiger partial charge < -0.3 is 4.42 Å². The van der Waals surface area contributed by atoms with Gasteiger partial charge in [-0.05, 0) is 29.0 Å². The van der Waals surface area contributed by atoms with Crippen molar-refractivity contribution < 1.29 is 4.42 Å². The minimum atomic E-state index is 0.513. The van der Waals surface area contributed by atoms with Gasteiger partial charge in [0.2, 0.25) is 0 Å². The molecule has 0 aliphatic rings. The highest BCUT2D eigenvalue weighted by molar-refractivity contribution is 6.14. The van der Waals surface area contributed by atoms with E-state index in [9.17, 15) is 0 Å². The number of nitrogens with zero attached hydrogens (tertiary/aromatic N) is 4. The molecular formula is C30H18N4O. The zero-order valence-corrected chi connectivity index (χ0v) is 18.6. The van der Waals surface area contributed by atoms with Crippen LogP contribution < -0.4 is 0 Å². The van der Waals surface area contributed by atoms with Crippen LogP contribution in [0.4, 0.5) is 0 Å². The monoisotopic (exact) mass is 450 g/mol. The van der Waals surface area contributed by atoms with Crippen LogP contribution in [0.1, 0.15) is 0 Å². The molecular weight excluding hydrogens is 432 g/mol. The summed E-state index contributed by atoms with van der Waals surface area (Å²) < 4.78 is 6.24. The number of benzene rings is 4. The Hall–Kier alpha value is -4.90. The van der Waals surface area contributed by atoms with Gasteiger partial charge in [-0.3, -0.25) is 4.98 Å². The molecule has 0 N–H and O–H groups in total. The Kier molecular flexibility index (Phi) is 4.39. The van der Waals surface area contributed by atoms with Crippen LogP contribution in [0.3, 0.4) is 0 Å². The van der Waals surface area contributed by atoms with E-state index < -0.39 is 0 Å². The van der Waals surface area contributed by atoms with E-state index in [0.29, 0.717) is 23.2 Å². The first-order valence-corrected chi connectivity index (χ1v) is 11.4. The highest BCUT2D eigenvalue weighted by Gasteiger charge is 2.19. The molecule has 3 aromatic heterocycles. The summed E-state index contributed by atoms with van der Waals surface area (Å²) in [6.07, 6.45) is 1.74. The zero-order valence-electron chi connectivity index (χ0n) is 18.6. The molecule has 0 unspecified atom stereocenters. The third-order valence-electron chi connectivity index (χ3n) is 6.16. The number of furan rings is 1. The van der Waals surface area contributed by atoms with Gasteiger partial charge in [0.25, 0.3) is 0 Å². The molecule has 5 nitrogen and oxygen atoms in total. The molecule has 0 fully saturated rings. The van der Waals surface area contributed by atoms with Gasteiger partial charge >= 0.3 is 0 Å². The molecule has 164 valence electrons. The van der Waals surface area contributed by atoms with Gasteiger partial charge in [-0.15, -0.1) is 0 Å². The predicted molar refractivity (Wildman–Crippen MR) is 139 cm³/mol. The van der Waals surface area contributed by atoms with Crippen molar-refractivity contribution in [2.75, 3.05) is 0 Å². The molecule has 0 aliphatic carbocycles. The van der Waals surface area contributed by atoms with Crippen LogP contribution in [0, 0.1) is 0 Å². The molecule has 0 amide bonds. The van der Waals surface area contributed by atoms with Crippen LogP contribution in [0.5, 0.6) is 0 Å². The van der Waals surface area contributed by atoms with Crippen LogP contribution in [0.25, 0.3) is 67.0 Å². The Morgan fingerprint density at radius 2 is 1.09 bits per heavy atom. The first-order valence-electron chi connectivity index (χ1n) is 11.4. The van der Waals surface area contributed by atoms with Gasteiger partial charge in [-0.2, -0.15) is 0 Å². The minimum Gasteiger partial charge on any atom is -0.456 e. The topological polar surface area (TPSA) is 64.7 Å². The second-order valence-electron chi connectivity index (χ2n) is 8.37. The van der Waals surface area contributed by atoms with E-state index in [1.807, 2.05) is 78.9 Å². The lowest BCUT2D eigenvalue weighted by atomic mass is 10.1. The number of fused-ring (bicyclic) bond motifs is 4. The lowest BCUT2D eigenvalue weighted by Crippen LogP contribution is -2.01. The number of pyridine rings is 1. The Morgan fingerprint density at radius 3 is 1.74 bits per heavy atom. The third-order valence-corrected chi connectivity index (χ3v) is 6.16. The van der Waals surface area contributed by atoms with Gasteiger partial charge in [0.05, 0.1) is 5.39 Å². The van der Waals surface area contributed by atoms with E-state index >= 15 is 0 Å². The number of aromatic nitrogens is 4. The van der Waals surface area contributed by atoms with Crippen LogP contribution in [-0.2, 0) is 0 Å². The molecule has 0 saturated heterocycles. The van der Waals surface area contributed by atoms with E-state index in [4.69, 9.17) is 24.4 Å². The van der Waals surface area contributed by atoms with Crippen molar-refractivity contribution in [2.45, 2.75) is 0 Å². The summed E-state index contributed by atoms with van der Waals surface area (Å²) in [5.41, 5.74) is 4.08. The van der Waals surface area contributed by atoms with Crippen molar-refractivity contribution in [1.82, 2.24) is 19.9 Å². The highest BCUT2D eigenvalue weighted by Crippen LogP contribution is 2.37. The van der Waals surface area contributed by atoms with Crippen molar-refractivity contribution in [3.8, 4) is 34.3 Å². The average molecular weight is 451 g/mol. The molecule has 5 heteroatoms. The molecule has 0 radical (unpaired) electrons. The molecule has 3 heterocycles. The summed E-state index contributed by atoms with van der Waals surface area (Å²) in [5, 5.41) is 4.16. The lowest BCUT2D eigenvalue weighted by Gasteiger charge is -2.08. The fourth-order valence-electron chi connectivity index (χ4n) is 4.49. The van der Waals surface area contributed by atoms with Gasteiger partial charge in [0.1, 0.15) is 16.9 Å². The van der Waals surface area contributed by atoms with Crippen molar-refractivity contribution in [1.29, 1.82) is 0 Å². The van der Waals surface area contributed by atoms with Crippen LogP contribution in [0.15, 0.2) is 114 Å². The third kappa shape index (κ3) is 3.33. The van der Waals surface area contributed by atoms with Crippen molar-refractivity contribution in [3.05, 3.63) is 109 Å². The smallest absolute Gasteiger partial charge is 0.183 e. The standard InChI is InChI=1S/C30H18N4O/c1-3-9-19(10-4-1)28-32-29(20-11-5-2-6-12-20)34-30(33-28)27-26-23-17-21-13-7-8-14-22(21)18-25(23)35-24(26)15-16-31-27/h1-18H. The SMILES string of the molecule is c1ccc(-c2nc(-c3ccccc3)nc(-c3nccc4oc5cc6ccccc6cc5c34)n2)cc1. The molecule has 0 aliphatic heterocycles. The average Bonchev–Trinajstić information content (AvgIpc) is 3.30. The summed E-state index contributed by atoms with van der Waals surface area (Å²) >= 11 is 0. The maximum absolute atomic E-state index is 6.24. The zero-order chi connectivity index (χ0) is 23.2. The van der Waals surface area contributed by atoms with E-state index in [2.05, 4.69) is 24.3 Å². The molecule has 0 atom stereocenters.